The topological polar surface area (TPSA) is 68.5 Å². The van der Waals surface area contributed by atoms with Crippen LogP contribution in [0.15, 0.2) is 18.5 Å². The predicted molar refractivity (Wildman–Crippen MR) is 81.6 cm³/mol. The van der Waals surface area contributed by atoms with Gasteiger partial charge in [-0.3, -0.25) is 0 Å². The minimum atomic E-state index is 0.176. The van der Waals surface area contributed by atoms with Crippen LogP contribution in [0.25, 0.3) is 5.95 Å². The van der Waals surface area contributed by atoms with E-state index in [1.165, 1.54) is 32.1 Å². The average Bonchev–Trinajstić information content (AvgIpc) is 3.17. The Bertz CT molecular complexity index is 592. The van der Waals surface area contributed by atoms with Crippen molar-refractivity contribution in [1.82, 2.24) is 24.7 Å². The van der Waals surface area contributed by atoms with E-state index >= 15 is 0 Å². The number of aromatic nitrogens is 5. The zero-order valence-corrected chi connectivity index (χ0v) is 12.8. The maximum absolute atomic E-state index is 5.99. The van der Waals surface area contributed by atoms with Crippen LogP contribution in [0, 0.1) is 5.41 Å². The van der Waals surface area contributed by atoms with Crippen molar-refractivity contribution in [1.29, 1.82) is 0 Å². The first kappa shape index (κ1) is 14.3. The van der Waals surface area contributed by atoms with Crippen LogP contribution in [0.3, 0.4) is 0 Å². The summed E-state index contributed by atoms with van der Waals surface area (Å²) in [5, 5.41) is 7.62. The van der Waals surface area contributed by atoms with Crippen LogP contribution in [0.1, 0.15) is 39.0 Å². The molecule has 0 atom stereocenters. The Balaban J connectivity index is 1.76. The molecule has 2 aromatic rings. The van der Waals surface area contributed by atoms with E-state index in [1.54, 1.807) is 17.1 Å². The molecule has 6 nitrogen and oxygen atoms in total. The lowest BCUT2D eigenvalue weighted by Crippen LogP contribution is -2.26. The molecule has 0 aliphatic heterocycles. The molecular formula is C14H19ClN6. The number of nitrogens with one attached hydrogen (secondary N) is 1. The Hall–Kier alpha value is -1.69. The lowest BCUT2D eigenvalue weighted by molar-refractivity contribution is 0.306. The van der Waals surface area contributed by atoms with Gasteiger partial charge < -0.3 is 5.32 Å². The van der Waals surface area contributed by atoms with Crippen LogP contribution >= 0.6 is 11.6 Å². The van der Waals surface area contributed by atoms with Gasteiger partial charge in [-0.1, -0.05) is 19.8 Å². The maximum Gasteiger partial charge on any atom is 0.256 e. The normalized spacial score (nSPS) is 17.0. The minimum Gasteiger partial charge on any atom is -0.353 e. The Kier molecular flexibility index (Phi) is 4.05. The first-order valence-electron chi connectivity index (χ1n) is 7.36. The minimum absolute atomic E-state index is 0.176. The number of hydrogen-bond acceptors (Lipinski definition) is 5. The largest absolute Gasteiger partial charge is 0.353 e. The SMILES string of the molecule is CCC1(CNc2nc(Cl)nc(-n3cccn3)n2)CCCC1. The molecule has 0 aromatic carbocycles. The second kappa shape index (κ2) is 5.97. The molecule has 1 N–H and O–H groups in total. The van der Waals surface area contributed by atoms with E-state index in [1.807, 2.05) is 6.07 Å². The molecule has 1 saturated carbocycles. The van der Waals surface area contributed by atoms with E-state index in [4.69, 9.17) is 11.6 Å². The number of hydrogen-bond donors (Lipinski definition) is 1. The van der Waals surface area contributed by atoms with Gasteiger partial charge in [-0.05, 0) is 42.3 Å². The van der Waals surface area contributed by atoms with Gasteiger partial charge in [-0.25, -0.2) is 4.68 Å². The van der Waals surface area contributed by atoms with Crippen molar-refractivity contribution in [3.8, 4) is 5.95 Å². The molecule has 0 saturated heterocycles. The summed E-state index contributed by atoms with van der Waals surface area (Å²) >= 11 is 5.99. The van der Waals surface area contributed by atoms with Crippen LogP contribution in [-0.2, 0) is 0 Å². The number of halogens is 1. The summed E-state index contributed by atoms with van der Waals surface area (Å²) in [6, 6.07) is 1.81. The molecule has 2 aromatic heterocycles. The summed E-state index contributed by atoms with van der Waals surface area (Å²) in [4.78, 5) is 12.6. The molecule has 21 heavy (non-hydrogen) atoms. The number of anilines is 1. The highest BCUT2D eigenvalue weighted by molar-refractivity contribution is 6.28. The van der Waals surface area contributed by atoms with E-state index < -0.39 is 0 Å². The fourth-order valence-electron chi connectivity index (χ4n) is 2.96. The van der Waals surface area contributed by atoms with Crippen molar-refractivity contribution < 1.29 is 0 Å². The van der Waals surface area contributed by atoms with Gasteiger partial charge in [-0.15, -0.1) is 0 Å². The van der Waals surface area contributed by atoms with Gasteiger partial charge in [-0.2, -0.15) is 20.1 Å². The Morgan fingerprint density at radius 2 is 2.10 bits per heavy atom. The Morgan fingerprint density at radius 3 is 2.76 bits per heavy atom. The van der Waals surface area contributed by atoms with Crippen molar-refractivity contribution in [2.24, 2.45) is 5.41 Å². The molecule has 0 amide bonds. The highest BCUT2D eigenvalue weighted by Gasteiger charge is 2.31. The molecule has 1 fully saturated rings. The van der Waals surface area contributed by atoms with Crippen LogP contribution < -0.4 is 5.32 Å². The summed E-state index contributed by atoms with van der Waals surface area (Å²) in [6.07, 6.45) is 9.78. The van der Waals surface area contributed by atoms with Gasteiger partial charge in [0.15, 0.2) is 0 Å². The van der Waals surface area contributed by atoms with Gasteiger partial charge in [0.2, 0.25) is 11.2 Å². The van der Waals surface area contributed by atoms with Crippen molar-refractivity contribution in [3.63, 3.8) is 0 Å². The molecular weight excluding hydrogens is 288 g/mol. The molecule has 2 heterocycles. The monoisotopic (exact) mass is 306 g/mol. The smallest absolute Gasteiger partial charge is 0.256 e. The maximum atomic E-state index is 5.99. The van der Waals surface area contributed by atoms with Crippen LogP contribution in [0.4, 0.5) is 5.95 Å². The summed E-state index contributed by atoms with van der Waals surface area (Å²) in [7, 11) is 0. The van der Waals surface area contributed by atoms with Crippen molar-refractivity contribution >= 4 is 17.5 Å². The fourth-order valence-corrected chi connectivity index (χ4v) is 3.11. The third kappa shape index (κ3) is 3.15. The quantitative estimate of drug-likeness (QED) is 0.919. The molecule has 112 valence electrons. The fraction of sp³-hybridized carbons (Fsp3) is 0.571. The van der Waals surface area contributed by atoms with Crippen LogP contribution in [0.2, 0.25) is 5.28 Å². The van der Waals surface area contributed by atoms with Crippen molar-refractivity contribution in [3.05, 3.63) is 23.7 Å². The van der Waals surface area contributed by atoms with Crippen LogP contribution in [0.5, 0.6) is 0 Å². The van der Waals surface area contributed by atoms with Gasteiger partial charge in [0.25, 0.3) is 5.95 Å². The van der Waals surface area contributed by atoms with E-state index in [0.29, 0.717) is 17.3 Å². The van der Waals surface area contributed by atoms with Crippen molar-refractivity contribution in [2.45, 2.75) is 39.0 Å². The van der Waals surface area contributed by atoms with E-state index in [0.717, 1.165) is 6.54 Å². The van der Waals surface area contributed by atoms with Gasteiger partial charge >= 0.3 is 0 Å². The van der Waals surface area contributed by atoms with E-state index in [-0.39, 0.29) is 5.28 Å². The molecule has 3 rings (SSSR count). The summed E-state index contributed by atoms with van der Waals surface area (Å²) in [5.41, 5.74) is 0.366. The first-order chi connectivity index (χ1) is 10.2. The van der Waals surface area contributed by atoms with Gasteiger partial charge in [0.05, 0.1) is 0 Å². The Morgan fingerprint density at radius 1 is 1.29 bits per heavy atom. The molecule has 0 radical (unpaired) electrons. The molecule has 1 aliphatic rings. The zero-order valence-electron chi connectivity index (χ0n) is 12.1. The van der Waals surface area contributed by atoms with Crippen LogP contribution in [-0.4, -0.2) is 31.3 Å². The van der Waals surface area contributed by atoms with Gasteiger partial charge in [0, 0.05) is 18.9 Å². The standard InChI is InChI=1S/C14H19ClN6/c1-2-14(6-3-4-7-14)10-16-12-18-11(15)19-13(20-12)21-9-5-8-17-21/h5,8-9H,2-4,6-7,10H2,1H3,(H,16,18,19,20). The summed E-state index contributed by atoms with van der Waals surface area (Å²) < 4.78 is 1.57. The third-order valence-electron chi connectivity index (χ3n) is 4.34. The second-order valence-corrected chi connectivity index (χ2v) is 5.93. The molecule has 1 aliphatic carbocycles. The summed E-state index contributed by atoms with van der Waals surface area (Å²) in [5.74, 6) is 0.944. The molecule has 0 unspecified atom stereocenters. The highest BCUT2D eigenvalue weighted by atomic mass is 35.5. The lowest BCUT2D eigenvalue weighted by atomic mass is 9.83. The van der Waals surface area contributed by atoms with Gasteiger partial charge in [0.1, 0.15) is 0 Å². The average molecular weight is 307 g/mol. The zero-order chi connectivity index (χ0) is 14.7. The first-order valence-corrected chi connectivity index (χ1v) is 7.74. The molecule has 0 bridgehead atoms. The van der Waals surface area contributed by atoms with E-state index in [2.05, 4.69) is 32.3 Å². The second-order valence-electron chi connectivity index (χ2n) is 5.59. The number of nitrogens with zero attached hydrogens (tertiary/aromatic N) is 5. The molecule has 0 spiro atoms. The molecule has 7 heteroatoms. The number of rotatable bonds is 5. The predicted octanol–water partition coefficient (Wildman–Crippen LogP) is 3.09. The summed E-state index contributed by atoms with van der Waals surface area (Å²) in [6.45, 7) is 3.13. The van der Waals surface area contributed by atoms with E-state index in [9.17, 15) is 0 Å². The third-order valence-corrected chi connectivity index (χ3v) is 4.51. The lowest BCUT2D eigenvalue weighted by Gasteiger charge is -2.27. The van der Waals surface area contributed by atoms with Crippen molar-refractivity contribution in [2.75, 3.05) is 11.9 Å². The highest BCUT2D eigenvalue weighted by Crippen LogP contribution is 2.40. The Labute approximate surface area is 129 Å².